The molecule has 0 saturated heterocycles. The van der Waals surface area contributed by atoms with Crippen LogP contribution >= 0.6 is 0 Å². The van der Waals surface area contributed by atoms with Crippen LogP contribution in [0.15, 0.2) is 30.3 Å². The van der Waals surface area contributed by atoms with Crippen LogP contribution in [-0.2, 0) is 11.8 Å². The van der Waals surface area contributed by atoms with E-state index in [1.54, 1.807) is 39.0 Å². The van der Waals surface area contributed by atoms with E-state index in [0.717, 1.165) is 12.7 Å². The first kappa shape index (κ1) is 25.6. The highest BCUT2D eigenvalue weighted by Gasteiger charge is 2.42. The van der Waals surface area contributed by atoms with Gasteiger partial charge in [-0.2, -0.15) is 13.2 Å². The normalized spacial score (nSPS) is 18.8. The molecule has 0 aromatic heterocycles. The van der Waals surface area contributed by atoms with E-state index < -0.39 is 41.4 Å². The molecule has 1 aliphatic rings. The molecule has 1 unspecified atom stereocenters. The number of carbonyl (C=O) groups is 1. The summed E-state index contributed by atoms with van der Waals surface area (Å²) in [6, 6.07) is 6.54. The summed E-state index contributed by atoms with van der Waals surface area (Å²) in [4.78, 5) is 12.8. The van der Waals surface area contributed by atoms with E-state index in [1.165, 1.54) is 19.2 Å². The van der Waals surface area contributed by atoms with Crippen LogP contribution in [0.3, 0.4) is 0 Å². The minimum absolute atomic E-state index is 0.0340. The molecule has 0 spiro atoms. The molecule has 3 atom stereocenters. The Morgan fingerprint density at radius 2 is 1.82 bits per heavy atom. The number of rotatable bonds is 5. The number of fused-ring (bicyclic) bond motifs is 1. The molecule has 2 aromatic carbocycles. The Balaban J connectivity index is 1.90. The van der Waals surface area contributed by atoms with Gasteiger partial charge in [0, 0.05) is 11.1 Å². The number of aliphatic hydroxyl groups is 2. The molecule has 2 amide bonds. The Morgan fingerprint density at radius 3 is 2.38 bits per heavy atom. The number of carbonyl (C=O) groups excluding carboxylic acids is 1. The van der Waals surface area contributed by atoms with Crippen molar-refractivity contribution in [3.63, 3.8) is 0 Å². The number of hydrogen-bond acceptors (Lipinski definition) is 5. The average Bonchev–Trinajstić information content (AvgIpc) is 3.06. The fourth-order valence-electron chi connectivity index (χ4n) is 4.06. The van der Waals surface area contributed by atoms with Gasteiger partial charge in [0.2, 0.25) is 0 Å². The van der Waals surface area contributed by atoms with Crippen molar-refractivity contribution in [1.29, 1.82) is 0 Å². The number of aliphatic hydroxyl groups excluding tert-OH is 2. The third kappa shape index (κ3) is 5.07. The van der Waals surface area contributed by atoms with Gasteiger partial charge in [-0.25, -0.2) is 4.79 Å². The number of anilines is 1. The van der Waals surface area contributed by atoms with Gasteiger partial charge in [-0.05, 0) is 41.2 Å². The lowest BCUT2D eigenvalue weighted by Crippen LogP contribution is -2.40. The van der Waals surface area contributed by atoms with Gasteiger partial charge in [-0.15, -0.1) is 0 Å². The van der Waals surface area contributed by atoms with Crippen molar-refractivity contribution in [2.75, 3.05) is 19.5 Å². The molecule has 34 heavy (non-hydrogen) atoms. The van der Waals surface area contributed by atoms with Crippen molar-refractivity contribution in [2.24, 2.45) is 0 Å². The maximum Gasteiger partial charge on any atom is 0.418 e. The molecule has 0 saturated carbocycles. The number of benzene rings is 2. The summed E-state index contributed by atoms with van der Waals surface area (Å²) >= 11 is 0. The van der Waals surface area contributed by atoms with E-state index in [-0.39, 0.29) is 11.4 Å². The Hall–Kier alpha value is -2.98. The number of halogens is 3. The first-order valence-corrected chi connectivity index (χ1v) is 10.7. The van der Waals surface area contributed by atoms with E-state index in [2.05, 4.69) is 10.6 Å². The summed E-state index contributed by atoms with van der Waals surface area (Å²) in [5.74, 6) is 0.288. The maximum absolute atomic E-state index is 13.3. The first-order chi connectivity index (χ1) is 15.8. The molecule has 1 aliphatic carbocycles. The second-order valence-electron chi connectivity index (χ2n) is 9.22. The number of methoxy groups -OCH3 is 2. The molecule has 4 N–H and O–H groups in total. The van der Waals surface area contributed by atoms with Gasteiger partial charge in [0.15, 0.2) is 6.10 Å². The molecule has 7 nitrogen and oxygen atoms in total. The lowest BCUT2D eigenvalue weighted by atomic mass is 9.84. The molecule has 2 aromatic rings. The summed E-state index contributed by atoms with van der Waals surface area (Å²) in [5.41, 5.74) is 0.737. The van der Waals surface area contributed by atoms with Crippen LogP contribution in [0.25, 0.3) is 0 Å². The molecule has 0 bridgehead atoms. The van der Waals surface area contributed by atoms with Crippen LogP contribution in [0, 0.1) is 0 Å². The molecule has 10 heteroatoms. The summed E-state index contributed by atoms with van der Waals surface area (Å²) < 4.78 is 50.5. The van der Waals surface area contributed by atoms with Crippen LogP contribution in [0.2, 0.25) is 0 Å². The molecule has 0 aliphatic heterocycles. The molecular weight excluding hydrogens is 453 g/mol. The molecule has 3 rings (SSSR count). The lowest BCUT2D eigenvalue weighted by Gasteiger charge is -2.26. The van der Waals surface area contributed by atoms with Crippen molar-refractivity contribution in [3.8, 4) is 11.5 Å². The number of alkyl halides is 3. The van der Waals surface area contributed by atoms with Crippen LogP contribution < -0.4 is 20.1 Å². The predicted molar refractivity (Wildman–Crippen MR) is 120 cm³/mol. The maximum atomic E-state index is 13.3. The van der Waals surface area contributed by atoms with Gasteiger partial charge in [-0.1, -0.05) is 32.9 Å². The van der Waals surface area contributed by atoms with Crippen molar-refractivity contribution in [2.45, 2.75) is 57.0 Å². The topological polar surface area (TPSA) is 100 Å². The van der Waals surface area contributed by atoms with Gasteiger partial charge < -0.3 is 30.3 Å². The largest absolute Gasteiger partial charge is 0.496 e. The predicted octanol–water partition coefficient (Wildman–Crippen LogP) is 4.38. The molecule has 0 heterocycles. The molecule has 186 valence electrons. The third-order valence-corrected chi connectivity index (χ3v) is 5.87. The monoisotopic (exact) mass is 482 g/mol. The zero-order chi connectivity index (χ0) is 25.4. The zero-order valence-electron chi connectivity index (χ0n) is 19.6. The SMILES string of the molecule is COc1cccc2c1C[C@@H](NC(=O)Nc1cc(C(C)(C)C)cc(C(O)C(F)(F)F)c1OC)[C@@H]2O. The number of nitrogens with one attached hydrogen (secondary N) is 2. The van der Waals surface area contributed by atoms with Gasteiger partial charge in [0.1, 0.15) is 11.5 Å². The van der Waals surface area contributed by atoms with E-state index in [0.29, 0.717) is 23.3 Å². The summed E-state index contributed by atoms with van der Waals surface area (Å²) in [7, 11) is 2.67. The number of urea groups is 1. The highest BCUT2D eigenvalue weighted by atomic mass is 19.4. The quantitative estimate of drug-likeness (QED) is 0.507. The fourth-order valence-corrected chi connectivity index (χ4v) is 4.06. The van der Waals surface area contributed by atoms with E-state index in [4.69, 9.17) is 9.47 Å². The van der Waals surface area contributed by atoms with Gasteiger partial charge in [-0.3, -0.25) is 0 Å². The molecular formula is C24H29F3N2O5. The Labute approximate surface area is 195 Å². The second kappa shape index (κ2) is 9.34. The van der Waals surface area contributed by atoms with E-state index >= 15 is 0 Å². The van der Waals surface area contributed by atoms with Crippen molar-refractivity contribution < 1.29 is 37.7 Å². The minimum atomic E-state index is -4.93. The van der Waals surface area contributed by atoms with Crippen molar-refractivity contribution in [1.82, 2.24) is 5.32 Å². The van der Waals surface area contributed by atoms with E-state index in [1.807, 2.05) is 0 Å². The lowest BCUT2D eigenvalue weighted by molar-refractivity contribution is -0.207. The van der Waals surface area contributed by atoms with Gasteiger partial charge in [0.25, 0.3) is 0 Å². The van der Waals surface area contributed by atoms with Gasteiger partial charge in [0.05, 0.1) is 32.1 Å². The van der Waals surface area contributed by atoms with Crippen LogP contribution in [0.1, 0.15) is 55.2 Å². The third-order valence-electron chi connectivity index (χ3n) is 5.87. The van der Waals surface area contributed by atoms with Crippen molar-refractivity contribution in [3.05, 3.63) is 52.6 Å². The summed E-state index contributed by atoms with van der Waals surface area (Å²) in [6.07, 6.45) is -8.40. The highest BCUT2D eigenvalue weighted by Crippen LogP contribution is 2.43. The first-order valence-electron chi connectivity index (χ1n) is 10.7. The Morgan fingerprint density at radius 1 is 1.15 bits per heavy atom. The minimum Gasteiger partial charge on any atom is -0.496 e. The Bertz CT molecular complexity index is 1070. The molecule has 0 fully saturated rings. The second-order valence-corrected chi connectivity index (χ2v) is 9.22. The van der Waals surface area contributed by atoms with Crippen molar-refractivity contribution >= 4 is 11.7 Å². The number of amides is 2. The van der Waals surface area contributed by atoms with Crippen LogP contribution in [-0.4, -0.2) is 42.7 Å². The fraction of sp³-hybridized carbons (Fsp3) is 0.458. The zero-order valence-corrected chi connectivity index (χ0v) is 19.6. The Kier molecular flexibility index (Phi) is 7.05. The standard InChI is InChI=1S/C24H29F3N2O5/c1-23(2,3)12-9-15(21(31)24(25,26)27)20(34-5)17(10-12)29-22(32)28-16-11-14-13(19(16)30)7-6-8-18(14)33-4/h6-10,16,19,21,30-31H,11H2,1-5H3,(H2,28,29,32)/t16-,19-,21?/m1/s1. The molecule has 0 radical (unpaired) electrons. The van der Waals surface area contributed by atoms with Crippen LogP contribution in [0.5, 0.6) is 11.5 Å². The van der Waals surface area contributed by atoms with Crippen LogP contribution in [0.4, 0.5) is 23.7 Å². The highest BCUT2D eigenvalue weighted by molar-refractivity contribution is 5.92. The summed E-state index contributed by atoms with van der Waals surface area (Å²) in [5, 5.41) is 25.8. The average molecular weight is 482 g/mol. The van der Waals surface area contributed by atoms with E-state index in [9.17, 15) is 28.2 Å². The van der Waals surface area contributed by atoms with Gasteiger partial charge >= 0.3 is 12.2 Å². The number of hydrogen-bond donors (Lipinski definition) is 4. The summed E-state index contributed by atoms with van der Waals surface area (Å²) in [6.45, 7) is 5.38. The number of ether oxygens (including phenoxy) is 2. The smallest absolute Gasteiger partial charge is 0.418 e.